The third-order valence-electron chi connectivity index (χ3n) is 3.71. The molecule has 1 aliphatic rings. The maximum Gasteiger partial charge on any atom is 0.225 e. The summed E-state index contributed by atoms with van der Waals surface area (Å²) in [4.78, 5) is 10.6. The van der Waals surface area contributed by atoms with Gasteiger partial charge < -0.3 is 10.0 Å². The molecule has 7 heteroatoms. The third kappa shape index (κ3) is 3.64. The Bertz CT molecular complexity index is 429. The number of hydroxylamine groups is 1. The van der Waals surface area contributed by atoms with Gasteiger partial charge in [-0.05, 0) is 31.6 Å². The first-order chi connectivity index (χ1) is 9.74. The number of amidine groups is 1. The quantitative estimate of drug-likeness (QED) is 0.360. The largest absolute Gasteiger partial charge is 0.396 e. The van der Waals surface area contributed by atoms with Crippen LogP contribution in [0.3, 0.4) is 0 Å². The minimum absolute atomic E-state index is 0.112. The lowest BCUT2D eigenvalue weighted by Gasteiger charge is -2.31. The van der Waals surface area contributed by atoms with E-state index in [4.69, 9.17) is 15.7 Å². The van der Waals surface area contributed by atoms with Crippen molar-refractivity contribution >= 4 is 11.8 Å². The molecule has 0 radical (unpaired) electrons. The summed E-state index contributed by atoms with van der Waals surface area (Å²) in [6, 6.07) is 0. The molecular weight excluding hydrogens is 258 g/mol. The van der Waals surface area contributed by atoms with Gasteiger partial charge in [-0.25, -0.2) is 9.97 Å². The molecule has 0 saturated carbocycles. The molecule has 1 aromatic rings. The van der Waals surface area contributed by atoms with Crippen LogP contribution in [0.2, 0.25) is 0 Å². The molecule has 1 aliphatic heterocycles. The molecular formula is C13H21N5O2. The Hall–Kier alpha value is -1.73. The molecule has 1 fully saturated rings. The summed E-state index contributed by atoms with van der Waals surface area (Å²) in [5.74, 6) is 1.24. The van der Waals surface area contributed by atoms with Gasteiger partial charge in [0.15, 0.2) is 5.84 Å². The van der Waals surface area contributed by atoms with Crippen LogP contribution < -0.4 is 10.4 Å². The molecule has 20 heavy (non-hydrogen) atoms. The molecule has 0 bridgehead atoms. The van der Waals surface area contributed by atoms with Gasteiger partial charge in [0.1, 0.15) is 0 Å². The Morgan fingerprint density at radius 3 is 2.55 bits per heavy atom. The third-order valence-corrected chi connectivity index (χ3v) is 3.71. The molecule has 2 heterocycles. The van der Waals surface area contributed by atoms with E-state index in [0.717, 1.165) is 38.8 Å². The summed E-state index contributed by atoms with van der Waals surface area (Å²) in [6.07, 6.45) is 7.23. The van der Waals surface area contributed by atoms with Gasteiger partial charge in [0.25, 0.3) is 0 Å². The molecule has 1 aromatic heterocycles. The fourth-order valence-corrected chi connectivity index (χ4v) is 2.48. The van der Waals surface area contributed by atoms with E-state index in [1.54, 1.807) is 5.48 Å². The summed E-state index contributed by atoms with van der Waals surface area (Å²) >= 11 is 0. The van der Waals surface area contributed by atoms with Crippen molar-refractivity contribution in [3.05, 3.63) is 18.0 Å². The van der Waals surface area contributed by atoms with Crippen molar-refractivity contribution in [2.75, 3.05) is 24.6 Å². The van der Waals surface area contributed by atoms with E-state index in [9.17, 15) is 0 Å². The molecule has 110 valence electrons. The normalized spacial score (nSPS) is 16.2. The molecule has 0 aromatic carbocycles. The fraction of sp³-hybridized carbons (Fsp3) is 0.615. The van der Waals surface area contributed by atoms with Crippen LogP contribution in [0.25, 0.3) is 0 Å². The highest BCUT2D eigenvalue weighted by Crippen LogP contribution is 2.23. The number of nitrogens with one attached hydrogen (secondary N) is 2. The predicted octanol–water partition coefficient (Wildman–Crippen LogP) is 0.770. The highest BCUT2D eigenvalue weighted by Gasteiger charge is 2.20. The zero-order valence-corrected chi connectivity index (χ0v) is 11.4. The standard InChI is InChI=1S/C13H21N5O2/c14-12(17-20)11-8-15-13(16-9-11)18-5-3-10(4-6-18)2-1-7-19/h8-10,19-20H,1-7H2,(H2,14,17). The van der Waals surface area contributed by atoms with Crippen LogP contribution >= 0.6 is 0 Å². The number of aliphatic hydroxyl groups excluding tert-OH is 1. The SMILES string of the molecule is N=C(NO)c1cnc(N2CCC(CCCO)CC2)nc1. The number of nitrogens with zero attached hydrogens (tertiary/aromatic N) is 3. The van der Waals surface area contributed by atoms with Crippen molar-refractivity contribution in [3.8, 4) is 0 Å². The highest BCUT2D eigenvalue weighted by atomic mass is 16.5. The first-order valence-electron chi connectivity index (χ1n) is 6.91. The van der Waals surface area contributed by atoms with Crippen molar-refractivity contribution in [3.63, 3.8) is 0 Å². The van der Waals surface area contributed by atoms with Crippen LogP contribution in [0, 0.1) is 11.3 Å². The molecule has 1 saturated heterocycles. The number of rotatable bonds is 5. The maximum absolute atomic E-state index is 8.85. The van der Waals surface area contributed by atoms with Crippen LogP contribution in [0.5, 0.6) is 0 Å². The number of hydrogen-bond acceptors (Lipinski definition) is 6. The van der Waals surface area contributed by atoms with E-state index in [2.05, 4.69) is 14.9 Å². The number of aromatic nitrogens is 2. The van der Waals surface area contributed by atoms with Gasteiger partial charge in [-0.2, -0.15) is 0 Å². The monoisotopic (exact) mass is 279 g/mol. The molecule has 0 atom stereocenters. The van der Waals surface area contributed by atoms with Crippen molar-refractivity contribution in [2.24, 2.45) is 5.92 Å². The number of piperidine rings is 1. The minimum atomic E-state index is -0.112. The minimum Gasteiger partial charge on any atom is -0.396 e. The predicted molar refractivity (Wildman–Crippen MR) is 75.0 cm³/mol. The number of aliphatic hydroxyl groups is 1. The first-order valence-corrected chi connectivity index (χ1v) is 6.91. The topological polar surface area (TPSA) is 105 Å². The lowest BCUT2D eigenvalue weighted by molar-refractivity contribution is 0.234. The van der Waals surface area contributed by atoms with Crippen LogP contribution in [0.15, 0.2) is 12.4 Å². The number of hydrogen-bond donors (Lipinski definition) is 4. The summed E-state index contributed by atoms with van der Waals surface area (Å²) in [5, 5.41) is 24.9. The van der Waals surface area contributed by atoms with Gasteiger partial charge in [0.2, 0.25) is 5.95 Å². The van der Waals surface area contributed by atoms with Crippen LogP contribution in [0.1, 0.15) is 31.2 Å². The second-order valence-electron chi connectivity index (χ2n) is 5.05. The van der Waals surface area contributed by atoms with Crippen molar-refractivity contribution < 1.29 is 10.3 Å². The smallest absolute Gasteiger partial charge is 0.225 e. The van der Waals surface area contributed by atoms with Crippen LogP contribution in [-0.4, -0.2) is 45.8 Å². The van der Waals surface area contributed by atoms with Gasteiger partial charge in [0.05, 0.1) is 5.56 Å². The van der Waals surface area contributed by atoms with Crippen LogP contribution in [0.4, 0.5) is 5.95 Å². The van der Waals surface area contributed by atoms with Gasteiger partial charge in [-0.15, -0.1) is 0 Å². The fourth-order valence-electron chi connectivity index (χ4n) is 2.48. The average molecular weight is 279 g/mol. The molecule has 0 aliphatic carbocycles. The van der Waals surface area contributed by atoms with E-state index in [1.807, 2.05) is 0 Å². The summed E-state index contributed by atoms with van der Waals surface area (Å²) in [5.41, 5.74) is 2.23. The first kappa shape index (κ1) is 14.7. The van der Waals surface area contributed by atoms with Crippen LogP contribution in [-0.2, 0) is 0 Å². The van der Waals surface area contributed by atoms with Crippen molar-refractivity contribution in [1.82, 2.24) is 15.4 Å². The lowest BCUT2D eigenvalue weighted by Crippen LogP contribution is -2.35. The van der Waals surface area contributed by atoms with E-state index >= 15 is 0 Å². The Balaban J connectivity index is 1.89. The van der Waals surface area contributed by atoms with Gasteiger partial charge in [-0.3, -0.25) is 16.1 Å². The van der Waals surface area contributed by atoms with Crippen molar-refractivity contribution in [2.45, 2.75) is 25.7 Å². The zero-order chi connectivity index (χ0) is 14.4. The van der Waals surface area contributed by atoms with Gasteiger partial charge >= 0.3 is 0 Å². The van der Waals surface area contributed by atoms with E-state index < -0.39 is 0 Å². The molecule has 4 N–H and O–H groups in total. The molecule has 7 nitrogen and oxygen atoms in total. The lowest BCUT2D eigenvalue weighted by atomic mass is 9.92. The molecule has 0 unspecified atom stereocenters. The zero-order valence-electron chi connectivity index (χ0n) is 11.4. The van der Waals surface area contributed by atoms with Gasteiger partial charge in [-0.1, -0.05) is 0 Å². The number of anilines is 1. The molecule has 0 spiro atoms. The Morgan fingerprint density at radius 2 is 2.00 bits per heavy atom. The summed E-state index contributed by atoms with van der Waals surface area (Å²) in [6.45, 7) is 2.12. The second-order valence-corrected chi connectivity index (χ2v) is 5.05. The molecule has 0 amide bonds. The Labute approximate surface area is 118 Å². The van der Waals surface area contributed by atoms with E-state index in [-0.39, 0.29) is 12.4 Å². The Morgan fingerprint density at radius 1 is 1.35 bits per heavy atom. The van der Waals surface area contributed by atoms with E-state index in [0.29, 0.717) is 17.4 Å². The Kier molecular flexibility index (Phi) is 5.25. The summed E-state index contributed by atoms with van der Waals surface area (Å²) < 4.78 is 0. The average Bonchev–Trinajstić information content (AvgIpc) is 2.53. The maximum atomic E-state index is 8.85. The second kappa shape index (κ2) is 7.16. The van der Waals surface area contributed by atoms with Gasteiger partial charge in [0, 0.05) is 32.1 Å². The van der Waals surface area contributed by atoms with Crippen molar-refractivity contribution in [1.29, 1.82) is 5.41 Å². The summed E-state index contributed by atoms with van der Waals surface area (Å²) in [7, 11) is 0. The van der Waals surface area contributed by atoms with E-state index in [1.165, 1.54) is 12.4 Å². The highest BCUT2D eigenvalue weighted by molar-refractivity contribution is 5.94. The molecule has 2 rings (SSSR count).